The number of rotatable bonds is 5. The molecule has 0 saturated carbocycles. The highest BCUT2D eigenvalue weighted by atomic mass is 16.5. The summed E-state index contributed by atoms with van der Waals surface area (Å²) >= 11 is 0. The van der Waals surface area contributed by atoms with Crippen molar-refractivity contribution in [1.82, 2.24) is 0 Å². The van der Waals surface area contributed by atoms with Gasteiger partial charge in [-0.25, -0.2) is 0 Å². The molecule has 0 fully saturated rings. The molecular formula is C24H24O2. The van der Waals surface area contributed by atoms with Crippen molar-refractivity contribution in [3.05, 3.63) is 77.9 Å². The van der Waals surface area contributed by atoms with Crippen molar-refractivity contribution in [2.45, 2.75) is 20.3 Å². The first kappa shape index (κ1) is 16.9. The van der Waals surface area contributed by atoms with Gasteiger partial charge < -0.3 is 9.84 Å². The largest absolute Gasteiger partial charge is 0.493 e. The minimum absolute atomic E-state index is 0.113. The van der Waals surface area contributed by atoms with Crippen LogP contribution in [0.5, 0.6) is 5.75 Å². The first-order chi connectivity index (χ1) is 12.6. The summed E-state index contributed by atoms with van der Waals surface area (Å²) in [7, 11) is 0. The predicted octanol–water partition coefficient (Wildman–Crippen LogP) is 5.32. The van der Waals surface area contributed by atoms with Gasteiger partial charge in [-0.1, -0.05) is 68.4 Å². The first-order valence-electron chi connectivity index (χ1n) is 9.12. The van der Waals surface area contributed by atoms with Crippen LogP contribution in [-0.2, 0) is 6.42 Å². The van der Waals surface area contributed by atoms with E-state index in [2.05, 4.69) is 54.6 Å². The second kappa shape index (κ2) is 6.62. The summed E-state index contributed by atoms with van der Waals surface area (Å²) in [4.78, 5) is 0. The summed E-state index contributed by atoms with van der Waals surface area (Å²) in [5, 5.41) is 9.35. The highest BCUT2D eigenvalue weighted by Gasteiger charge is 2.21. The van der Waals surface area contributed by atoms with Crippen LogP contribution in [0.1, 0.15) is 25.0 Å². The first-order valence-corrected chi connectivity index (χ1v) is 9.12. The third-order valence-electron chi connectivity index (χ3n) is 5.07. The molecule has 26 heavy (non-hydrogen) atoms. The van der Waals surface area contributed by atoms with Gasteiger partial charge in [-0.2, -0.15) is 0 Å². The summed E-state index contributed by atoms with van der Waals surface area (Å²) in [6.07, 6.45) is 0.991. The van der Waals surface area contributed by atoms with Gasteiger partial charge in [-0.15, -0.1) is 0 Å². The van der Waals surface area contributed by atoms with Gasteiger partial charge >= 0.3 is 0 Å². The fourth-order valence-electron chi connectivity index (χ4n) is 3.48. The molecule has 3 aromatic carbocycles. The molecule has 3 aromatic rings. The second-order valence-corrected chi connectivity index (χ2v) is 7.80. The van der Waals surface area contributed by atoms with E-state index in [-0.39, 0.29) is 12.0 Å². The van der Waals surface area contributed by atoms with E-state index >= 15 is 0 Å². The number of benzene rings is 3. The minimum atomic E-state index is -0.231. The van der Waals surface area contributed by atoms with E-state index in [4.69, 9.17) is 4.74 Å². The summed E-state index contributed by atoms with van der Waals surface area (Å²) < 4.78 is 5.84. The number of aliphatic hydroxyl groups is 1. The third-order valence-corrected chi connectivity index (χ3v) is 5.07. The van der Waals surface area contributed by atoms with Crippen LogP contribution in [0.4, 0.5) is 0 Å². The van der Waals surface area contributed by atoms with Gasteiger partial charge in [-0.3, -0.25) is 0 Å². The van der Waals surface area contributed by atoms with Gasteiger partial charge in [0.25, 0.3) is 0 Å². The Balaban J connectivity index is 1.60. The standard InChI is InChI=1S/C24H24O2/c1-24(2,15-25)16-26-19-12-10-17(11-13-19)20-8-5-9-22-21-7-4-3-6-18(21)14-23(20)22/h3-13,25H,14-16H2,1-2H3. The molecule has 0 bridgehead atoms. The summed E-state index contributed by atoms with van der Waals surface area (Å²) in [5.74, 6) is 0.839. The molecule has 1 aliphatic rings. The fraction of sp³-hybridized carbons (Fsp3) is 0.250. The van der Waals surface area contributed by atoms with E-state index in [1.165, 1.54) is 33.4 Å². The van der Waals surface area contributed by atoms with Crippen LogP contribution in [-0.4, -0.2) is 18.3 Å². The van der Waals surface area contributed by atoms with E-state index in [0.717, 1.165) is 12.2 Å². The molecule has 0 amide bonds. The Bertz CT molecular complexity index is 923. The SMILES string of the molecule is CC(C)(CO)COc1ccc(-c2cccc3c2Cc2ccccc2-3)cc1. The second-order valence-electron chi connectivity index (χ2n) is 7.80. The van der Waals surface area contributed by atoms with Crippen LogP contribution in [0.15, 0.2) is 66.7 Å². The number of hydrogen-bond donors (Lipinski definition) is 1. The Morgan fingerprint density at radius 3 is 2.31 bits per heavy atom. The number of ether oxygens (including phenoxy) is 1. The van der Waals surface area contributed by atoms with E-state index < -0.39 is 0 Å². The van der Waals surface area contributed by atoms with Gasteiger partial charge in [0.05, 0.1) is 13.2 Å². The van der Waals surface area contributed by atoms with Crippen molar-refractivity contribution < 1.29 is 9.84 Å². The molecular weight excluding hydrogens is 320 g/mol. The lowest BCUT2D eigenvalue weighted by atomic mass is 9.95. The molecule has 1 N–H and O–H groups in total. The summed E-state index contributed by atoms with van der Waals surface area (Å²) in [6, 6.07) is 23.5. The van der Waals surface area contributed by atoms with Crippen molar-refractivity contribution in [3.8, 4) is 28.0 Å². The molecule has 4 rings (SSSR count). The summed E-state index contributed by atoms with van der Waals surface area (Å²) in [6.45, 7) is 4.60. The van der Waals surface area contributed by atoms with Crippen LogP contribution in [0.25, 0.3) is 22.3 Å². The van der Waals surface area contributed by atoms with E-state index in [1.54, 1.807) is 0 Å². The molecule has 2 heteroatoms. The van der Waals surface area contributed by atoms with Crippen molar-refractivity contribution in [2.75, 3.05) is 13.2 Å². The van der Waals surface area contributed by atoms with Crippen molar-refractivity contribution in [1.29, 1.82) is 0 Å². The highest BCUT2D eigenvalue weighted by Crippen LogP contribution is 2.41. The Labute approximate surface area is 155 Å². The molecule has 1 aliphatic carbocycles. The van der Waals surface area contributed by atoms with Gasteiger partial charge in [0.1, 0.15) is 5.75 Å². The maximum Gasteiger partial charge on any atom is 0.119 e. The highest BCUT2D eigenvalue weighted by molar-refractivity contribution is 5.84. The molecule has 0 heterocycles. The van der Waals surface area contributed by atoms with Gasteiger partial charge in [0.15, 0.2) is 0 Å². The number of aliphatic hydroxyl groups excluding tert-OH is 1. The molecule has 0 aromatic heterocycles. The van der Waals surface area contributed by atoms with Crippen molar-refractivity contribution in [2.24, 2.45) is 5.41 Å². The molecule has 0 spiro atoms. The van der Waals surface area contributed by atoms with Crippen LogP contribution in [0.3, 0.4) is 0 Å². The molecule has 132 valence electrons. The fourth-order valence-corrected chi connectivity index (χ4v) is 3.48. The molecule has 0 aliphatic heterocycles. The zero-order valence-electron chi connectivity index (χ0n) is 15.3. The van der Waals surface area contributed by atoms with Crippen LogP contribution >= 0.6 is 0 Å². The topological polar surface area (TPSA) is 29.5 Å². The quantitative estimate of drug-likeness (QED) is 0.531. The minimum Gasteiger partial charge on any atom is -0.493 e. The maximum absolute atomic E-state index is 9.35. The lowest BCUT2D eigenvalue weighted by Crippen LogP contribution is -2.25. The molecule has 0 saturated heterocycles. The smallest absolute Gasteiger partial charge is 0.119 e. The van der Waals surface area contributed by atoms with Gasteiger partial charge in [-0.05, 0) is 51.9 Å². The van der Waals surface area contributed by atoms with Crippen LogP contribution in [0, 0.1) is 5.41 Å². The lowest BCUT2D eigenvalue weighted by molar-refractivity contribution is 0.0976. The Kier molecular flexibility index (Phi) is 4.29. The van der Waals surface area contributed by atoms with E-state index in [1.807, 2.05) is 26.0 Å². The van der Waals surface area contributed by atoms with Crippen LogP contribution < -0.4 is 4.74 Å². The molecule has 0 atom stereocenters. The Morgan fingerprint density at radius 1 is 0.846 bits per heavy atom. The molecule has 0 unspecified atom stereocenters. The number of hydrogen-bond acceptors (Lipinski definition) is 2. The van der Waals surface area contributed by atoms with Crippen LogP contribution in [0.2, 0.25) is 0 Å². The number of fused-ring (bicyclic) bond motifs is 3. The lowest BCUT2D eigenvalue weighted by Gasteiger charge is -2.21. The molecule has 0 radical (unpaired) electrons. The monoisotopic (exact) mass is 344 g/mol. The van der Waals surface area contributed by atoms with Gasteiger partial charge in [0, 0.05) is 5.41 Å². The average Bonchev–Trinajstić information content (AvgIpc) is 3.06. The Hall–Kier alpha value is -2.58. The van der Waals surface area contributed by atoms with Gasteiger partial charge in [0.2, 0.25) is 0 Å². The summed E-state index contributed by atoms with van der Waals surface area (Å²) in [5.41, 5.74) is 7.79. The van der Waals surface area contributed by atoms with Crippen molar-refractivity contribution >= 4 is 0 Å². The average molecular weight is 344 g/mol. The van der Waals surface area contributed by atoms with Crippen molar-refractivity contribution in [3.63, 3.8) is 0 Å². The normalized spacial score (nSPS) is 12.6. The molecule has 2 nitrogen and oxygen atoms in total. The third kappa shape index (κ3) is 3.13. The predicted molar refractivity (Wildman–Crippen MR) is 106 cm³/mol. The maximum atomic E-state index is 9.35. The van der Waals surface area contributed by atoms with E-state index in [9.17, 15) is 5.11 Å². The zero-order valence-corrected chi connectivity index (χ0v) is 15.3. The Morgan fingerprint density at radius 2 is 1.54 bits per heavy atom. The van der Waals surface area contributed by atoms with E-state index in [0.29, 0.717) is 6.61 Å². The zero-order chi connectivity index (χ0) is 18.1.